The van der Waals surface area contributed by atoms with Crippen LogP contribution in [0.3, 0.4) is 0 Å². The van der Waals surface area contributed by atoms with Gasteiger partial charge in [-0.05, 0) is 20.8 Å². The van der Waals surface area contributed by atoms with E-state index in [0.29, 0.717) is 26.2 Å². The van der Waals surface area contributed by atoms with E-state index in [-0.39, 0.29) is 5.75 Å². The van der Waals surface area contributed by atoms with E-state index in [9.17, 15) is 8.42 Å². The van der Waals surface area contributed by atoms with Crippen molar-refractivity contribution < 1.29 is 8.42 Å². The van der Waals surface area contributed by atoms with Crippen LogP contribution in [0.2, 0.25) is 0 Å². The Morgan fingerprint density at radius 2 is 1.75 bits per heavy atom. The van der Waals surface area contributed by atoms with Crippen molar-refractivity contribution in [2.75, 3.05) is 31.9 Å². The van der Waals surface area contributed by atoms with Crippen LogP contribution in [0.1, 0.15) is 20.8 Å². The second-order valence-corrected chi connectivity index (χ2v) is 6.72. The summed E-state index contributed by atoms with van der Waals surface area (Å²) in [7, 11) is -3.07. The highest BCUT2D eigenvalue weighted by Gasteiger charge is 2.32. The zero-order valence-corrected chi connectivity index (χ0v) is 10.9. The fraction of sp³-hybridized carbons (Fsp3) is 0.900. The summed E-state index contributed by atoms with van der Waals surface area (Å²) >= 11 is 0. The number of sulfonamides is 1. The molecular weight excluding hydrogens is 226 g/mol. The van der Waals surface area contributed by atoms with Crippen LogP contribution in [0.25, 0.3) is 0 Å². The molecule has 5 nitrogen and oxygen atoms in total. The Kier molecular flexibility index (Phi) is 3.94. The molecule has 0 aromatic carbocycles. The quantitative estimate of drug-likeness (QED) is 0.715. The van der Waals surface area contributed by atoms with Crippen LogP contribution in [0.15, 0.2) is 0 Å². The van der Waals surface area contributed by atoms with Gasteiger partial charge in [0.15, 0.2) is 0 Å². The summed E-state index contributed by atoms with van der Waals surface area (Å²) in [6.07, 6.45) is 0. The maximum atomic E-state index is 11.6. The molecule has 0 aromatic rings. The van der Waals surface area contributed by atoms with Crippen LogP contribution in [0, 0.1) is 11.3 Å². The largest absolute Gasteiger partial charge is 0.283 e. The average Bonchev–Trinajstić information content (AvgIpc) is 2.29. The van der Waals surface area contributed by atoms with Crippen molar-refractivity contribution in [1.82, 2.24) is 9.21 Å². The number of nitrogens with zero attached hydrogens (tertiary/aromatic N) is 3. The molecule has 0 aliphatic carbocycles. The molecule has 1 aliphatic heterocycles. The predicted molar refractivity (Wildman–Crippen MR) is 62.3 cm³/mol. The monoisotopic (exact) mass is 245 g/mol. The number of hydrogen-bond acceptors (Lipinski definition) is 4. The first-order valence-corrected chi connectivity index (χ1v) is 7.08. The van der Waals surface area contributed by atoms with Crippen LogP contribution in [0.4, 0.5) is 0 Å². The minimum atomic E-state index is -3.07. The zero-order valence-electron chi connectivity index (χ0n) is 10.1. The van der Waals surface area contributed by atoms with Gasteiger partial charge in [0.2, 0.25) is 10.0 Å². The molecule has 6 heteroatoms. The molecule has 0 radical (unpaired) electrons. The van der Waals surface area contributed by atoms with Gasteiger partial charge in [-0.2, -0.15) is 9.57 Å². The lowest BCUT2D eigenvalue weighted by Gasteiger charge is -2.39. The molecule has 0 atom stereocenters. The van der Waals surface area contributed by atoms with E-state index in [1.54, 1.807) is 6.92 Å². The Labute approximate surface area is 97.7 Å². The number of hydrogen-bond donors (Lipinski definition) is 0. The zero-order chi connectivity index (χ0) is 12.4. The van der Waals surface area contributed by atoms with Crippen molar-refractivity contribution in [3.8, 4) is 6.07 Å². The number of piperazine rings is 1. The molecule has 1 saturated heterocycles. The van der Waals surface area contributed by atoms with Crippen molar-refractivity contribution in [2.24, 2.45) is 0 Å². The van der Waals surface area contributed by atoms with Crippen molar-refractivity contribution in [2.45, 2.75) is 26.3 Å². The van der Waals surface area contributed by atoms with E-state index < -0.39 is 15.6 Å². The van der Waals surface area contributed by atoms with Gasteiger partial charge in [-0.1, -0.05) is 0 Å². The summed E-state index contributed by atoms with van der Waals surface area (Å²) in [5, 5.41) is 8.99. The molecule has 1 rings (SSSR count). The Bertz CT molecular complexity index is 375. The minimum absolute atomic E-state index is 0.147. The van der Waals surface area contributed by atoms with Crippen molar-refractivity contribution in [1.29, 1.82) is 5.26 Å². The summed E-state index contributed by atoms with van der Waals surface area (Å²) < 4.78 is 24.8. The Balaban J connectivity index is 2.63. The van der Waals surface area contributed by atoms with Crippen molar-refractivity contribution in [3.63, 3.8) is 0 Å². The smallest absolute Gasteiger partial charge is 0.213 e. The predicted octanol–water partition coefficient (Wildman–Crippen LogP) is 0.256. The van der Waals surface area contributed by atoms with Crippen molar-refractivity contribution >= 4 is 10.0 Å². The first-order valence-electron chi connectivity index (χ1n) is 5.47. The SMILES string of the molecule is CCS(=O)(=O)N1CCN(C(C)(C)C#N)CC1. The second kappa shape index (κ2) is 4.70. The molecule has 1 heterocycles. The molecule has 0 saturated carbocycles. The van der Waals surface area contributed by atoms with Gasteiger partial charge in [0, 0.05) is 26.2 Å². The standard InChI is InChI=1S/C10H19N3O2S/c1-4-16(14,15)13-7-5-12(6-8-13)10(2,3)9-11/h4-8H2,1-3H3. The van der Waals surface area contributed by atoms with Gasteiger partial charge in [-0.25, -0.2) is 8.42 Å². The lowest BCUT2D eigenvalue weighted by molar-refractivity contribution is 0.115. The average molecular weight is 245 g/mol. The Hall–Kier alpha value is -0.640. The first-order chi connectivity index (χ1) is 7.33. The molecule has 0 N–H and O–H groups in total. The molecule has 0 spiro atoms. The van der Waals surface area contributed by atoms with Crippen LogP contribution < -0.4 is 0 Å². The maximum Gasteiger partial charge on any atom is 0.213 e. The summed E-state index contributed by atoms with van der Waals surface area (Å²) in [5.74, 6) is 0.147. The third-order valence-electron chi connectivity index (χ3n) is 3.06. The van der Waals surface area contributed by atoms with Crippen LogP contribution in [-0.2, 0) is 10.0 Å². The van der Waals surface area contributed by atoms with Crippen LogP contribution in [0.5, 0.6) is 0 Å². The summed E-state index contributed by atoms with van der Waals surface area (Å²) in [6.45, 7) is 7.59. The van der Waals surface area contributed by atoms with Gasteiger partial charge < -0.3 is 0 Å². The molecule has 0 amide bonds. The van der Waals surface area contributed by atoms with E-state index in [1.807, 2.05) is 18.7 Å². The van der Waals surface area contributed by atoms with E-state index in [0.717, 1.165) is 0 Å². The Morgan fingerprint density at radius 1 is 1.25 bits per heavy atom. The first kappa shape index (κ1) is 13.4. The maximum absolute atomic E-state index is 11.6. The molecule has 92 valence electrons. The Morgan fingerprint density at radius 3 is 2.12 bits per heavy atom. The topological polar surface area (TPSA) is 64.4 Å². The van der Waals surface area contributed by atoms with Crippen molar-refractivity contribution in [3.05, 3.63) is 0 Å². The molecule has 1 aliphatic rings. The summed E-state index contributed by atoms with van der Waals surface area (Å²) in [5.41, 5.74) is -0.512. The fourth-order valence-corrected chi connectivity index (χ4v) is 2.86. The normalized spacial score (nSPS) is 20.6. The van der Waals surface area contributed by atoms with Gasteiger partial charge in [0.05, 0.1) is 11.8 Å². The number of nitriles is 1. The van der Waals surface area contributed by atoms with E-state index in [1.165, 1.54) is 4.31 Å². The van der Waals surface area contributed by atoms with Gasteiger partial charge in [-0.3, -0.25) is 4.90 Å². The van der Waals surface area contributed by atoms with Gasteiger partial charge in [-0.15, -0.1) is 0 Å². The molecular formula is C10H19N3O2S. The molecule has 16 heavy (non-hydrogen) atoms. The third-order valence-corrected chi connectivity index (χ3v) is 4.94. The fourth-order valence-electron chi connectivity index (χ4n) is 1.78. The highest BCUT2D eigenvalue weighted by molar-refractivity contribution is 7.89. The van der Waals surface area contributed by atoms with Gasteiger partial charge >= 0.3 is 0 Å². The second-order valence-electron chi connectivity index (χ2n) is 4.46. The lowest BCUT2D eigenvalue weighted by Crippen LogP contribution is -2.55. The van der Waals surface area contributed by atoms with E-state index >= 15 is 0 Å². The minimum Gasteiger partial charge on any atom is -0.283 e. The summed E-state index contributed by atoms with van der Waals surface area (Å²) in [6, 6.07) is 2.24. The number of rotatable bonds is 3. The van der Waals surface area contributed by atoms with E-state index in [4.69, 9.17) is 5.26 Å². The third kappa shape index (κ3) is 2.73. The van der Waals surface area contributed by atoms with Gasteiger partial charge in [0.1, 0.15) is 5.54 Å². The molecule has 0 bridgehead atoms. The lowest BCUT2D eigenvalue weighted by atomic mass is 10.0. The van der Waals surface area contributed by atoms with Crippen LogP contribution >= 0.6 is 0 Å². The molecule has 1 fully saturated rings. The highest BCUT2D eigenvalue weighted by atomic mass is 32.2. The molecule has 0 aromatic heterocycles. The van der Waals surface area contributed by atoms with E-state index in [2.05, 4.69) is 6.07 Å². The highest BCUT2D eigenvalue weighted by Crippen LogP contribution is 2.17. The molecule has 0 unspecified atom stereocenters. The van der Waals surface area contributed by atoms with Gasteiger partial charge in [0.25, 0.3) is 0 Å². The summed E-state index contributed by atoms with van der Waals surface area (Å²) in [4.78, 5) is 2.02. The van der Waals surface area contributed by atoms with Crippen LogP contribution in [-0.4, -0.2) is 55.1 Å².